The number of alkyl carbamates (subject to hydrolysis) is 1. The van der Waals surface area contributed by atoms with E-state index in [-0.39, 0.29) is 12.5 Å². The molecular weight excluding hydrogens is 424 g/mol. The average molecular weight is 450 g/mol. The fourth-order valence-electron chi connectivity index (χ4n) is 4.48. The van der Waals surface area contributed by atoms with E-state index in [1.165, 1.54) is 0 Å². The van der Waals surface area contributed by atoms with E-state index in [9.17, 15) is 14.4 Å². The highest BCUT2D eigenvalue weighted by Crippen LogP contribution is 2.44. The molecule has 8 heteroatoms. The van der Waals surface area contributed by atoms with Crippen LogP contribution in [0.1, 0.15) is 29.9 Å². The van der Waals surface area contributed by atoms with Crippen LogP contribution in [0.5, 0.6) is 0 Å². The number of carboxylic acids is 1. The Morgan fingerprint density at radius 1 is 1.03 bits per heavy atom. The molecule has 0 bridgehead atoms. The fourth-order valence-corrected chi connectivity index (χ4v) is 4.48. The van der Waals surface area contributed by atoms with Gasteiger partial charge in [-0.1, -0.05) is 60.7 Å². The summed E-state index contributed by atoms with van der Waals surface area (Å²) >= 11 is 0. The molecule has 4 N–H and O–H groups in total. The number of aliphatic hydroxyl groups is 1. The molecule has 0 fully saturated rings. The second kappa shape index (κ2) is 9.87. The quantitative estimate of drug-likeness (QED) is 0.480. The van der Waals surface area contributed by atoms with Crippen LogP contribution in [0, 0.1) is 5.92 Å². The van der Waals surface area contributed by atoms with Crippen LogP contribution in [0.25, 0.3) is 11.1 Å². The van der Waals surface area contributed by atoms with Crippen molar-refractivity contribution in [3.63, 3.8) is 0 Å². The number of hydrogen-bond acceptors (Lipinski definition) is 5. The van der Waals surface area contributed by atoms with E-state index in [2.05, 4.69) is 22.8 Å². The standard InChI is InChI=1S/C25H26N2O6/c28-13-22(24(30)31)27-23(29)15-6-5-7-16(12-15)26-25(32)33-14-21-19-10-3-1-8-17(19)18-9-2-4-11-20(18)21/h1-5,7-11,15-16,21-22,28H,6,12-14H2,(H,26,32)(H,27,29)(H,30,31)/t15-,16-,22+/m1/s1. The monoisotopic (exact) mass is 450 g/mol. The molecule has 2 aliphatic carbocycles. The molecule has 0 heterocycles. The number of carboxylic acid groups (broad SMARTS) is 1. The molecule has 0 aromatic heterocycles. The zero-order chi connectivity index (χ0) is 23.4. The van der Waals surface area contributed by atoms with Crippen LogP contribution in [-0.2, 0) is 14.3 Å². The molecule has 3 atom stereocenters. The number of carbonyl (C=O) groups excluding carboxylic acids is 2. The molecule has 2 aromatic rings. The van der Waals surface area contributed by atoms with Crippen molar-refractivity contribution >= 4 is 18.0 Å². The normalized spacial score (nSPS) is 19.8. The number of hydrogen-bond donors (Lipinski definition) is 4. The van der Waals surface area contributed by atoms with E-state index in [1.54, 1.807) is 12.2 Å². The SMILES string of the molecule is O=C(N[C@@H]1C=CC[C@@H](C(=O)N[C@@H](CO)C(=O)O)C1)OCC1c2ccccc2-c2ccccc21. The number of allylic oxidation sites excluding steroid dienone is 1. The van der Waals surface area contributed by atoms with Crippen molar-refractivity contribution in [1.82, 2.24) is 10.6 Å². The van der Waals surface area contributed by atoms with E-state index >= 15 is 0 Å². The number of aliphatic hydroxyl groups excluding tert-OH is 1. The highest BCUT2D eigenvalue weighted by atomic mass is 16.5. The third-order valence-corrected chi connectivity index (χ3v) is 6.14. The average Bonchev–Trinajstić information content (AvgIpc) is 3.14. The minimum atomic E-state index is -1.35. The maximum atomic E-state index is 12.5. The summed E-state index contributed by atoms with van der Waals surface area (Å²) in [6, 6.07) is 14.4. The van der Waals surface area contributed by atoms with Crippen LogP contribution in [0.4, 0.5) is 4.79 Å². The molecule has 0 saturated heterocycles. The smallest absolute Gasteiger partial charge is 0.407 e. The number of aliphatic carboxylic acids is 1. The zero-order valence-corrected chi connectivity index (χ0v) is 17.9. The zero-order valence-electron chi connectivity index (χ0n) is 17.9. The number of ether oxygens (including phenoxy) is 1. The topological polar surface area (TPSA) is 125 Å². The highest BCUT2D eigenvalue weighted by molar-refractivity contribution is 5.85. The van der Waals surface area contributed by atoms with Crippen LogP contribution in [-0.4, -0.2) is 53.5 Å². The Morgan fingerprint density at radius 2 is 1.67 bits per heavy atom. The van der Waals surface area contributed by atoms with Gasteiger partial charge in [0, 0.05) is 11.8 Å². The van der Waals surface area contributed by atoms with Gasteiger partial charge in [-0.05, 0) is 35.1 Å². The van der Waals surface area contributed by atoms with Crippen LogP contribution < -0.4 is 10.6 Å². The Bertz CT molecular complexity index is 1040. The Labute approximate surface area is 191 Å². The van der Waals surface area contributed by atoms with Gasteiger partial charge in [-0.15, -0.1) is 0 Å². The summed E-state index contributed by atoms with van der Waals surface area (Å²) in [5.41, 5.74) is 4.54. The summed E-state index contributed by atoms with van der Waals surface area (Å²) in [6.45, 7) is -0.498. The number of benzene rings is 2. The first-order valence-electron chi connectivity index (χ1n) is 10.9. The first-order valence-corrected chi connectivity index (χ1v) is 10.9. The molecule has 2 aromatic carbocycles. The number of fused-ring (bicyclic) bond motifs is 3. The molecular formula is C25H26N2O6. The van der Waals surface area contributed by atoms with Crippen molar-refractivity contribution < 1.29 is 29.3 Å². The molecule has 172 valence electrons. The Balaban J connectivity index is 1.33. The molecule has 2 amide bonds. The van der Waals surface area contributed by atoms with Gasteiger partial charge in [0.05, 0.1) is 12.6 Å². The van der Waals surface area contributed by atoms with Gasteiger partial charge in [-0.25, -0.2) is 9.59 Å². The number of carbonyl (C=O) groups is 3. The number of nitrogens with one attached hydrogen (secondary N) is 2. The Kier molecular flexibility index (Phi) is 6.74. The first kappa shape index (κ1) is 22.5. The van der Waals surface area contributed by atoms with Crippen LogP contribution >= 0.6 is 0 Å². The van der Waals surface area contributed by atoms with Crippen molar-refractivity contribution in [2.45, 2.75) is 30.8 Å². The third kappa shape index (κ3) is 4.90. The molecule has 0 radical (unpaired) electrons. The van der Waals surface area contributed by atoms with E-state index in [0.717, 1.165) is 22.3 Å². The van der Waals surface area contributed by atoms with E-state index in [1.807, 2.05) is 36.4 Å². The number of amides is 2. The fraction of sp³-hybridized carbons (Fsp3) is 0.320. The van der Waals surface area contributed by atoms with Gasteiger partial charge in [0.2, 0.25) is 5.91 Å². The molecule has 0 spiro atoms. The highest BCUT2D eigenvalue weighted by Gasteiger charge is 2.31. The van der Waals surface area contributed by atoms with Gasteiger partial charge in [-0.3, -0.25) is 4.79 Å². The lowest BCUT2D eigenvalue weighted by atomic mass is 9.90. The molecule has 2 aliphatic rings. The summed E-state index contributed by atoms with van der Waals surface area (Å²) < 4.78 is 5.56. The van der Waals surface area contributed by atoms with Crippen molar-refractivity contribution in [1.29, 1.82) is 0 Å². The molecule has 0 aliphatic heterocycles. The predicted molar refractivity (Wildman–Crippen MR) is 121 cm³/mol. The maximum Gasteiger partial charge on any atom is 0.407 e. The van der Waals surface area contributed by atoms with Gasteiger partial charge in [0.1, 0.15) is 12.6 Å². The lowest BCUT2D eigenvalue weighted by Crippen LogP contribution is -2.47. The molecule has 33 heavy (non-hydrogen) atoms. The Hall–Kier alpha value is -3.65. The minimum absolute atomic E-state index is 0.0463. The lowest BCUT2D eigenvalue weighted by Gasteiger charge is -2.26. The number of rotatable bonds is 7. The van der Waals surface area contributed by atoms with Gasteiger partial charge >= 0.3 is 12.1 Å². The van der Waals surface area contributed by atoms with E-state index < -0.39 is 42.6 Å². The van der Waals surface area contributed by atoms with Gasteiger partial charge in [0.15, 0.2) is 0 Å². The van der Waals surface area contributed by atoms with Crippen molar-refractivity contribution in [2.75, 3.05) is 13.2 Å². The van der Waals surface area contributed by atoms with Crippen molar-refractivity contribution in [2.24, 2.45) is 5.92 Å². The van der Waals surface area contributed by atoms with Gasteiger partial charge in [-0.2, -0.15) is 0 Å². The molecule has 4 rings (SSSR count). The summed E-state index contributed by atoms with van der Waals surface area (Å²) in [4.78, 5) is 35.9. The van der Waals surface area contributed by atoms with Crippen LogP contribution in [0.2, 0.25) is 0 Å². The van der Waals surface area contributed by atoms with Crippen molar-refractivity contribution in [3.8, 4) is 11.1 Å². The molecule has 8 nitrogen and oxygen atoms in total. The van der Waals surface area contributed by atoms with Crippen molar-refractivity contribution in [3.05, 3.63) is 71.8 Å². The maximum absolute atomic E-state index is 12.5. The summed E-state index contributed by atoms with van der Waals surface area (Å²) in [7, 11) is 0. The van der Waals surface area contributed by atoms with Crippen LogP contribution in [0.3, 0.4) is 0 Å². The van der Waals surface area contributed by atoms with Gasteiger partial charge in [0.25, 0.3) is 0 Å². The summed E-state index contributed by atoms with van der Waals surface area (Å²) in [5.74, 6) is -2.33. The second-order valence-electron chi connectivity index (χ2n) is 8.25. The predicted octanol–water partition coefficient (Wildman–Crippen LogP) is 2.42. The second-order valence-corrected chi connectivity index (χ2v) is 8.25. The largest absolute Gasteiger partial charge is 0.480 e. The third-order valence-electron chi connectivity index (χ3n) is 6.14. The molecule has 0 unspecified atom stereocenters. The van der Waals surface area contributed by atoms with E-state index in [0.29, 0.717) is 12.8 Å². The summed E-state index contributed by atoms with van der Waals surface area (Å²) in [6.07, 6.45) is 3.73. The first-order chi connectivity index (χ1) is 16.0. The molecule has 0 saturated carbocycles. The minimum Gasteiger partial charge on any atom is -0.480 e. The van der Waals surface area contributed by atoms with Crippen LogP contribution in [0.15, 0.2) is 60.7 Å². The van der Waals surface area contributed by atoms with Gasteiger partial charge < -0.3 is 25.6 Å². The Morgan fingerprint density at radius 3 is 2.27 bits per heavy atom. The lowest BCUT2D eigenvalue weighted by molar-refractivity contribution is -0.143. The summed E-state index contributed by atoms with van der Waals surface area (Å²) in [5, 5.41) is 23.2. The van der Waals surface area contributed by atoms with E-state index in [4.69, 9.17) is 14.9 Å².